The highest BCUT2D eigenvalue weighted by Crippen LogP contribution is 2.40. The first-order chi connectivity index (χ1) is 8.74. The smallest absolute Gasteiger partial charge is 0.00615 e. The molecule has 1 aromatic carbocycles. The van der Waals surface area contributed by atoms with Gasteiger partial charge < -0.3 is 0 Å². The third-order valence-corrected chi connectivity index (χ3v) is 4.36. The monoisotopic (exact) mass is 240 g/mol. The Bertz CT molecular complexity index is 395. The summed E-state index contributed by atoms with van der Waals surface area (Å²) in [5, 5.41) is 0. The van der Waals surface area contributed by atoms with Crippen molar-refractivity contribution < 1.29 is 0 Å². The molecule has 0 saturated heterocycles. The SMILES string of the molecule is C=C[C@](C)(/C=C/c1ccccc1)C1CCCCC1. The normalized spacial score (nSPS) is 20.7. The molecule has 0 heteroatoms. The molecule has 1 aliphatic carbocycles. The predicted molar refractivity (Wildman–Crippen MR) is 80.4 cm³/mol. The Labute approximate surface area is 111 Å². The van der Waals surface area contributed by atoms with Crippen LogP contribution in [-0.4, -0.2) is 0 Å². The van der Waals surface area contributed by atoms with Gasteiger partial charge in [0.25, 0.3) is 0 Å². The maximum absolute atomic E-state index is 4.07. The first-order valence-corrected chi connectivity index (χ1v) is 7.12. The highest BCUT2D eigenvalue weighted by atomic mass is 14.3. The lowest BCUT2D eigenvalue weighted by Gasteiger charge is -2.35. The molecule has 1 saturated carbocycles. The van der Waals surface area contributed by atoms with Crippen LogP contribution in [0.5, 0.6) is 0 Å². The number of hydrogen-bond acceptors (Lipinski definition) is 0. The van der Waals surface area contributed by atoms with Gasteiger partial charge in [0.1, 0.15) is 0 Å². The van der Waals surface area contributed by atoms with Crippen LogP contribution in [0.2, 0.25) is 0 Å². The molecule has 0 aliphatic heterocycles. The average Bonchev–Trinajstić information content (AvgIpc) is 2.47. The van der Waals surface area contributed by atoms with Gasteiger partial charge in [-0.05, 0) is 24.3 Å². The lowest BCUT2D eigenvalue weighted by molar-refractivity contribution is 0.239. The van der Waals surface area contributed by atoms with Crippen molar-refractivity contribution in [3.05, 3.63) is 54.6 Å². The summed E-state index contributed by atoms with van der Waals surface area (Å²) in [6.45, 7) is 6.40. The molecule has 1 fully saturated rings. The summed E-state index contributed by atoms with van der Waals surface area (Å²) in [6, 6.07) is 10.5. The van der Waals surface area contributed by atoms with Gasteiger partial charge in [-0.3, -0.25) is 0 Å². The van der Waals surface area contributed by atoms with E-state index in [9.17, 15) is 0 Å². The van der Waals surface area contributed by atoms with Crippen molar-refractivity contribution in [1.29, 1.82) is 0 Å². The maximum Gasteiger partial charge on any atom is 0.00615 e. The molecular formula is C18H24. The third kappa shape index (κ3) is 3.13. The average molecular weight is 240 g/mol. The minimum absolute atomic E-state index is 0.149. The summed E-state index contributed by atoms with van der Waals surface area (Å²) in [6.07, 6.45) is 13.6. The molecule has 0 N–H and O–H groups in total. The van der Waals surface area contributed by atoms with Gasteiger partial charge in [-0.2, -0.15) is 0 Å². The first-order valence-electron chi connectivity index (χ1n) is 7.12. The summed E-state index contributed by atoms with van der Waals surface area (Å²) < 4.78 is 0. The second-order valence-electron chi connectivity index (χ2n) is 5.65. The van der Waals surface area contributed by atoms with Gasteiger partial charge in [0.15, 0.2) is 0 Å². The number of rotatable bonds is 4. The fourth-order valence-electron chi connectivity index (χ4n) is 2.94. The zero-order chi connectivity index (χ0) is 12.8. The van der Waals surface area contributed by atoms with Crippen LogP contribution in [0.3, 0.4) is 0 Å². The lowest BCUT2D eigenvalue weighted by Crippen LogP contribution is -2.25. The molecule has 18 heavy (non-hydrogen) atoms. The van der Waals surface area contributed by atoms with Crippen LogP contribution in [0, 0.1) is 11.3 Å². The standard InChI is InChI=1S/C18H24/c1-3-18(2,17-12-8-5-9-13-17)15-14-16-10-6-4-7-11-16/h3-4,6-7,10-11,14-15,17H,1,5,8-9,12-13H2,2H3/b15-14+/t18-/m1/s1. The largest absolute Gasteiger partial charge is 0.102 e. The van der Waals surface area contributed by atoms with Gasteiger partial charge in [-0.25, -0.2) is 0 Å². The molecule has 1 atom stereocenters. The van der Waals surface area contributed by atoms with E-state index in [2.05, 4.69) is 62.1 Å². The van der Waals surface area contributed by atoms with Gasteiger partial charge in [0, 0.05) is 5.41 Å². The highest BCUT2D eigenvalue weighted by molar-refractivity contribution is 5.50. The molecule has 0 aromatic heterocycles. The van der Waals surface area contributed by atoms with E-state index in [0.717, 1.165) is 5.92 Å². The zero-order valence-corrected chi connectivity index (χ0v) is 11.4. The predicted octanol–water partition coefficient (Wildman–Crippen LogP) is 5.47. The topological polar surface area (TPSA) is 0 Å². The van der Waals surface area contributed by atoms with Crippen molar-refractivity contribution in [2.24, 2.45) is 11.3 Å². The highest BCUT2D eigenvalue weighted by Gasteiger charge is 2.29. The number of benzene rings is 1. The zero-order valence-electron chi connectivity index (χ0n) is 11.4. The molecule has 0 amide bonds. The van der Waals surface area contributed by atoms with E-state index in [4.69, 9.17) is 0 Å². The summed E-state index contributed by atoms with van der Waals surface area (Å²) in [7, 11) is 0. The van der Waals surface area contributed by atoms with Crippen LogP contribution >= 0.6 is 0 Å². The van der Waals surface area contributed by atoms with E-state index < -0.39 is 0 Å². The fourth-order valence-corrected chi connectivity index (χ4v) is 2.94. The van der Waals surface area contributed by atoms with E-state index in [0.29, 0.717) is 0 Å². The van der Waals surface area contributed by atoms with Crippen LogP contribution in [-0.2, 0) is 0 Å². The molecule has 0 heterocycles. The third-order valence-electron chi connectivity index (χ3n) is 4.36. The van der Waals surface area contributed by atoms with Gasteiger partial charge in [0.05, 0.1) is 0 Å². The maximum atomic E-state index is 4.07. The van der Waals surface area contributed by atoms with Crippen molar-refractivity contribution in [2.75, 3.05) is 0 Å². The van der Waals surface area contributed by atoms with Crippen LogP contribution in [0.25, 0.3) is 6.08 Å². The summed E-state index contributed by atoms with van der Waals surface area (Å²) in [5.74, 6) is 0.767. The lowest BCUT2D eigenvalue weighted by atomic mass is 9.69. The van der Waals surface area contributed by atoms with Crippen LogP contribution < -0.4 is 0 Å². The van der Waals surface area contributed by atoms with E-state index in [1.165, 1.54) is 37.7 Å². The van der Waals surface area contributed by atoms with E-state index in [1.54, 1.807) is 0 Å². The molecule has 0 nitrogen and oxygen atoms in total. The summed E-state index contributed by atoms with van der Waals surface area (Å²) in [4.78, 5) is 0. The van der Waals surface area contributed by atoms with Crippen molar-refractivity contribution in [3.63, 3.8) is 0 Å². The van der Waals surface area contributed by atoms with Crippen LogP contribution in [0.4, 0.5) is 0 Å². The Morgan fingerprint density at radius 3 is 2.39 bits per heavy atom. The van der Waals surface area contributed by atoms with E-state index in [1.807, 2.05) is 0 Å². The minimum atomic E-state index is 0.149. The van der Waals surface area contributed by atoms with Gasteiger partial charge in [-0.15, -0.1) is 6.58 Å². The quantitative estimate of drug-likeness (QED) is 0.612. The molecule has 0 unspecified atom stereocenters. The molecule has 2 rings (SSSR count). The Kier molecular flexibility index (Phi) is 4.41. The van der Waals surface area contributed by atoms with Crippen LogP contribution in [0.15, 0.2) is 49.1 Å². The van der Waals surface area contributed by atoms with Crippen molar-refractivity contribution in [2.45, 2.75) is 39.0 Å². The molecule has 96 valence electrons. The number of hydrogen-bond donors (Lipinski definition) is 0. The summed E-state index contributed by atoms with van der Waals surface area (Å²) in [5.41, 5.74) is 1.43. The second kappa shape index (κ2) is 6.04. The van der Waals surface area contributed by atoms with Crippen LogP contribution in [0.1, 0.15) is 44.6 Å². The molecular weight excluding hydrogens is 216 g/mol. The van der Waals surface area contributed by atoms with Gasteiger partial charge in [0.2, 0.25) is 0 Å². The minimum Gasteiger partial charge on any atom is -0.102 e. The number of allylic oxidation sites excluding steroid dienone is 2. The Balaban J connectivity index is 2.12. The first kappa shape index (κ1) is 13.1. The summed E-state index contributed by atoms with van der Waals surface area (Å²) >= 11 is 0. The van der Waals surface area contributed by atoms with Crippen molar-refractivity contribution >= 4 is 6.08 Å². The Morgan fingerprint density at radius 2 is 1.78 bits per heavy atom. The fraction of sp³-hybridized carbons (Fsp3) is 0.444. The van der Waals surface area contributed by atoms with Crippen molar-refractivity contribution in [3.8, 4) is 0 Å². The molecule has 1 aliphatic rings. The Morgan fingerprint density at radius 1 is 1.11 bits per heavy atom. The molecule has 0 bridgehead atoms. The molecule has 0 radical (unpaired) electrons. The van der Waals surface area contributed by atoms with Gasteiger partial charge >= 0.3 is 0 Å². The van der Waals surface area contributed by atoms with E-state index in [-0.39, 0.29) is 5.41 Å². The molecule has 0 spiro atoms. The van der Waals surface area contributed by atoms with E-state index >= 15 is 0 Å². The Hall–Kier alpha value is -1.30. The van der Waals surface area contributed by atoms with Gasteiger partial charge in [-0.1, -0.05) is 74.7 Å². The second-order valence-corrected chi connectivity index (χ2v) is 5.65. The molecule has 1 aromatic rings. The van der Waals surface area contributed by atoms with Crippen molar-refractivity contribution in [1.82, 2.24) is 0 Å².